The van der Waals surface area contributed by atoms with Crippen molar-refractivity contribution in [2.75, 3.05) is 31.6 Å². The average Bonchev–Trinajstić information content (AvgIpc) is 2.81. The van der Waals surface area contributed by atoms with Crippen LogP contribution in [0.3, 0.4) is 0 Å². The van der Waals surface area contributed by atoms with E-state index in [2.05, 4.69) is 10.6 Å². The Morgan fingerprint density at radius 2 is 2.33 bits per heavy atom. The third-order valence-corrected chi connectivity index (χ3v) is 2.81. The normalized spacial score (nSPS) is 12.3. The number of carbonyl (C=O) groups excluding carboxylic acids is 1. The molecule has 18 heavy (non-hydrogen) atoms. The highest BCUT2D eigenvalue weighted by Gasteiger charge is 2.12. The van der Waals surface area contributed by atoms with Crippen molar-refractivity contribution in [3.05, 3.63) is 29.3 Å². The highest BCUT2D eigenvalue weighted by molar-refractivity contribution is 5.95. The molecular formula is C13H19ClN2O2. The summed E-state index contributed by atoms with van der Waals surface area (Å²) in [4.78, 5) is 11.8. The van der Waals surface area contributed by atoms with Crippen LogP contribution in [0.25, 0.3) is 0 Å². The molecule has 5 heteroatoms. The zero-order valence-corrected chi connectivity index (χ0v) is 11.3. The van der Waals surface area contributed by atoms with Gasteiger partial charge in [0.1, 0.15) is 0 Å². The predicted octanol–water partition coefficient (Wildman–Crippen LogP) is 1.84. The first kappa shape index (κ1) is 14.8. The van der Waals surface area contributed by atoms with Gasteiger partial charge in [-0.2, -0.15) is 0 Å². The molecule has 4 nitrogen and oxygen atoms in total. The molecule has 0 bridgehead atoms. The van der Waals surface area contributed by atoms with Gasteiger partial charge in [-0.3, -0.25) is 4.79 Å². The molecule has 100 valence electrons. The van der Waals surface area contributed by atoms with Gasteiger partial charge in [0, 0.05) is 30.9 Å². The zero-order valence-electron chi connectivity index (χ0n) is 10.5. The summed E-state index contributed by atoms with van der Waals surface area (Å²) in [6.45, 7) is 4.71. The fraction of sp³-hybridized carbons (Fsp3) is 0.462. The molecule has 1 amide bonds. The van der Waals surface area contributed by atoms with Gasteiger partial charge in [-0.25, -0.2) is 0 Å². The molecular weight excluding hydrogens is 252 g/mol. The monoisotopic (exact) mass is 270 g/mol. The van der Waals surface area contributed by atoms with Gasteiger partial charge in [0.25, 0.3) is 5.91 Å². The van der Waals surface area contributed by atoms with Crippen LogP contribution in [0.1, 0.15) is 22.8 Å². The number of hydrogen-bond acceptors (Lipinski definition) is 3. The minimum Gasteiger partial charge on any atom is -0.384 e. The summed E-state index contributed by atoms with van der Waals surface area (Å²) in [6, 6.07) is 5.79. The molecule has 0 aliphatic carbocycles. The number of benzene rings is 1. The maximum absolute atomic E-state index is 11.8. The lowest BCUT2D eigenvalue weighted by Gasteiger charge is -2.06. The van der Waals surface area contributed by atoms with E-state index in [4.69, 9.17) is 4.74 Å². The fourth-order valence-electron chi connectivity index (χ4n) is 1.93. The van der Waals surface area contributed by atoms with Crippen LogP contribution in [0.2, 0.25) is 0 Å². The van der Waals surface area contributed by atoms with Crippen LogP contribution in [0.4, 0.5) is 5.69 Å². The molecule has 1 aliphatic rings. The summed E-state index contributed by atoms with van der Waals surface area (Å²) >= 11 is 0. The van der Waals surface area contributed by atoms with Crippen molar-refractivity contribution in [1.82, 2.24) is 5.32 Å². The number of carbonyl (C=O) groups is 1. The molecule has 0 spiro atoms. The van der Waals surface area contributed by atoms with E-state index in [-0.39, 0.29) is 18.3 Å². The lowest BCUT2D eigenvalue weighted by atomic mass is 10.1. The van der Waals surface area contributed by atoms with E-state index in [9.17, 15) is 4.79 Å². The second-order valence-corrected chi connectivity index (χ2v) is 4.00. The van der Waals surface area contributed by atoms with Crippen molar-refractivity contribution in [3.8, 4) is 0 Å². The van der Waals surface area contributed by atoms with Gasteiger partial charge >= 0.3 is 0 Å². The molecule has 0 radical (unpaired) electrons. The number of halogens is 1. The fourth-order valence-corrected chi connectivity index (χ4v) is 1.93. The standard InChI is InChI=1S/C13H18N2O2.ClH/c1-2-17-8-7-15-13(16)11-3-4-12-10(9-11)5-6-14-12;/h3-4,9,14H,2,5-8H2,1H3,(H,15,16);1H. The maximum Gasteiger partial charge on any atom is 0.251 e. The summed E-state index contributed by atoms with van der Waals surface area (Å²) in [5.74, 6) is -0.0283. The minimum atomic E-state index is -0.0283. The first-order chi connectivity index (χ1) is 8.31. The van der Waals surface area contributed by atoms with E-state index in [0.717, 1.165) is 24.2 Å². The third kappa shape index (κ3) is 3.62. The lowest BCUT2D eigenvalue weighted by molar-refractivity contribution is 0.0922. The number of fused-ring (bicyclic) bond motifs is 1. The third-order valence-electron chi connectivity index (χ3n) is 2.81. The summed E-state index contributed by atoms with van der Waals surface area (Å²) in [7, 11) is 0. The van der Waals surface area contributed by atoms with Crippen LogP contribution in [0.5, 0.6) is 0 Å². The van der Waals surface area contributed by atoms with E-state index in [1.54, 1.807) is 0 Å². The highest BCUT2D eigenvalue weighted by atomic mass is 35.5. The average molecular weight is 271 g/mol. The van der Waals surface area contributed by atoms with E-state index < -0.39 is 0 Å². The Kier molecular flexibility index (Phi) is 5.95. The van der Waals surface area contributed by atoms with Crippen molar-refractivity contribution in [3.63, 3.8) is 0 Å². The molecule has 1 aliphatic heterocycles. The molecule has 0 atom stereocenters. The van der Waals surface area contributed by atoms with Gasteiger partial charge in [-0.1, -0.05) is 0 Å². The summed E-state index contributed by atoms with van der Waals surface area (Å²) < 4.78 is 5.17. The van der Waals surface area contributed by atoms with Gasteiger partial charge in [0.15, 0.2) is 0 Å². The molecule has 0 saturated carbocycles. The Labute approximate surface area is 114 Å². The molecule has 2 rings (SSSR count). The smallest absolute Gasteiger partial charge is 0.251 e. The first-order valence-corrected chi connectivity index (χ1v) is 6.04. The topological polar surface area (TPSA) is 50.4 Å². The van der Waals surface area contributed by atoms with Gasteiger partial charge in [-0.05, 0) is 37.1 Å². The molecule has 0 saturated heterocycles. The molecule has 0 fully saturated rings. The maximum atomic E-state index is 11.8. The van der Waals surface area contributed by atoms with Crippen LogP contribution >= 0.6 is 12.4 Å². The number of hydrogen-bond donors (Lipinski definition) is 2. The van der Waals surface area contributed by atoms with Crippen LogP contribution < -0.4 is 10.6 Å². The predicted molar refractivity (Wildman–Crippen MR) is 74.7 cm³/mol. The van der Waals surface area contributed by atoms with E-state index in [0.29, 0.717) is 19.8 Å². The van der Waals surface area contributed by atoms with Gasteiger partial charge in [0.05, 0.1) is 6.61 Å². The number of rotatable bonds is 5. The highest BCUT2D eigenvalue weighted by Crippen LogP contribution is 2.22. The Morgan fingerprint density at radius 3 is 3.11 bits per heavy atom. The molecule has 1 heterocycles. The first-order valence-electron chi connectivity index (χ1n) is 6.04. The van der Waals surface area contributed by atoms with Crippen molar-refractivity contribution in [2.45, 2.75) is 13.3 Å². The quantitative estimate of drug-likeness (QED) is 0.803. The van der Waals surface area contributed by atoms with Crippen molar-refractivity contribution in [1.29, 1.82) is 0 Å². The molecule has 1 aromatic rings. The van der Waals surface area contributed by atoms with Gasteiger partial charge in [-0.15, -0.1) is 12.4 Å². The molecule has 0 unspecified atom stereocenters. The number of ether oxygens (including phenoxy) is 1. The van der Waals surface area contributed by atoms with E-state index in [1.165, 1.54) is 5.56 Å². The van der Waals surface area contributed by atoms with Crippen molar-refractivity contribution in [2.24, 2.45) is 0 Å². The zero-order chi connectivity index (χ0) is 12.1. The van der Waals surface area contributed by atoms with Crippen LogP contribution in [0.15, 0.2) is 18.2 Å². The Bertz CT molecular complexity index is 410. The van der Waals surface area contributed by atoms with Crippen LogP contribution in [0, 0.1) is 0 Å². The summed E-state index contributed by atoms with van der Waals surface area (Å²) in [6.07, 6.45) is 0.995. The van der Waals surface area contributed by atoms with Gasteiger partial charge in [0.2, 0.25) is 0 Å². The minimum absolute atomic E-state index is 0. The second-order valence-electron chi connectivity index (χ2n) is 4.00. The van der Waals surface area contributed by atoms with E-state index in [1.807, 2.05) is 25.1 Å². The van der Waals surface area contributed by atoms with Crippen molar-refractivity contribution >= 4 is 24.0 Å². The Hall–Kier alpha value is -1.26. The number of amides is 1. The summed E-state index contributed by atoms with van der Waals surface area (Å²) in [5.41, 5.74) is 3.10. The number of nitrogens with one attached hydrogen (secondary N) is 2. The molecule has 2 N–H and O–H groups in total. The Balaban J connectivity index is 0.00000162. The second kappa shape index (κ2) is 7.24. The van der Waals surface area contributed by atoms with Crippen LogP contribution in [-0.2, 0) is 11.2 Å². The Morgan fingerprint density at radius 1 is 1.50 bits per heavy atom. The van der Waals surface area contributed by atoms with E-state index >= 15 is 0 Å². The van der Waals surface area contributed by atoms with Crippen molar-refractivity contribution < 1.29 is 9.53 Å². The SMILES string of the molecule is CCOCCNC(=O)c1ccc2c(c1)CCN2.Cl. The number of anilines is 1. The summed E-state index contributed by atoms with van der Waals surface area (Å²) in [5, 5.41) is 6.12. The van der Waals surface area contributed by atoms with Gasteiger partial charge < -0.3 is 15.4 Å². The molecule has 1 aromatic carbocycles. The van der Waals surface area contributed by atoms with Crippen LogP contribution in [-0.4, -0.2) is 32.2 Å². The molecule has 0 aromatic heterocycles. The lowest BCUT2D eigenvalue weighted by Crippen LogP contribution is -2.27. The largest absolute Gasteiger partial charge is 0.384 e.